The molecule has 1 heterocycles. The first kappa shape index (κ1) is 15.4. The molecule has 2 unspecified atom stereocenters. The van der Waals surface area contributed by atoms with Gasteiger partial charge in [-0.15, -0.1) is 0 Å². The van der Waals surface area contributed by atoms with Gasteiger partial charge in [-0.25, -0.2) is 0 Å². The Hall–Kier alpha value is -1.03. The summed E-state index contributed by atoms with van der Waals surface area (Å²) < 4.78 is 11.3. The van der Waals surface area contributed by atoms with Crippen molar-refractivity contribution in [2.45, 2.75) is 38.8 Å². The standard InChI is InChI=1S/C16H22ClNO2/c1-4-18-14(9-8-11(2)19-3)15-10-12-6-5-7-13(17)16(12)20-15/h5-7,10-11,14,18H,4,8-9H2,1-3H3. The summed E-state index contributed by atoms with van der Waals surface area (Å²) in [4.78, 5) is 0. The molecule has 0 aliphatic rings. The molecular weight excluding hydrogens is 274 g/mol. The van der Waals surface area contributed by atoms with Gasteiger partial charge >= 0.3 is 0 Å². The van der Waals surface area contributed by atoms with Crippen LogP contribution in [0.1, 0.15) is 38.5 Å². The van der Waals surface area contributed by atoms with E-state index in [1.54, 1.807) is 7.11 Å². The summed E-state index contributed by atoms with van der Waals surface area (Å²) in [6.45, 7) is 5.08. The molecule has 0 amide bonds. The topological polar surface area (TPSA) is 34.4 Å². The van der Waals surface area contributed by atoms with Gasteiger partial charge in [0.05, 0.1) is 17.2 Å². The molecule has 1 aromatic heterocycles. The summed E-state index contributed by atoms with van der Waals surface area (Å²) in [5.41, 5.74) is 0.770. The van der Waals surface area contributed by atoms with Crippen LogP contribution in [0.3, 0.4) is 0 Å². The molecule has 110 valence electrons. The highest BCUT2D eigenvalue weighted by Crippen LogP contribution is 2.31. The van der Waals surface area contributed by atoms with Gasteiger partial charge in [0.25, 0.3) is 0 Å². The zero-order valence-corrected chi connectivity index (χ0v) is 13.0. The minimum atomic E-state index is 0.195. The van der Waals surface area contributed by atoms with Gasteiger partial charge in [-0.2, -0.15) is 0 Å². The van der Waals surface area contributed by atoms with Gasteiger partial charge < -0.3 is 14.5 Å². The average molecular weight is 296 g/mol. The van der Waals surface area contributed by atoms with Crippen LogP contribution in [0.15, 0.2) is 28.7 Å². The van der Waals surface area contributed by atoms with Gasteiger partial charge in [0.1, 0.15) is 5.76 Å². The first-order valence-electron chi connectivity index (χ1n) is 7.09. The fraction of sp³-hybridized carbons (Fsp3) is 0.500. The molecule has 0 aliphatic carbocycles. The molecule has 2 atom stereocenters. The van der Waals surface area contributed by atoms with E-state index < -0.39 is 0 Å². The Kier molecular flexibility index (Phi) is 5.46. The van der Waals surface area contributed by atoms with Crippen LogP contribution in [-0.2, 0) is 4.74 Å². The fourth-order valence-electron chi connectivity index (χ4n) is 2.33. The Labute approximate surface area is 125 Å². The van der Waals surface area contributed by atoms with Crippen molar-refractivity contribution in [2.24, 2.45) is 0 Å². The molecule has 0 saturated heterocycles. The van der Waals surface area contributed by atoms with E-state index in [0.29, 0.717) is 5.02 Å². The number of hydrogen-bond donors (Lipinski definition) is 1. The molecule has 2 rings (SSSR count). The van der Waals surface area contributed by atoms with Crippen LogP contribution in [0.25, 0.3) is 11.0 Å². The monoisotopic (exact) mass is 295 g/mol. The Bertz CT molecular complexity index is 552. The first-order chi connectivity index (χ1) is 9.65. The molecule has 20 heavy (non-hydrogen) atoms. The van der Waals surface area contributed by atoms with Crippen LogP contribution in [0.4, 0.5) is 0 Å². The molecule has 1 N–H and O–H groups in total. The molecule has 0 bridgehead atoms. The van der Waals surface area contributed by atoms with Gasteiger partial charge in [-0.1, -0.05) is 30.7 Å². The minimum absolute atomic E-state index is 0.195. The largest absolute Gasteiger partial charge is 0.458 e. The summed E-state index contributed by atoms with van der Waals surface area (Å²) in [5, 5.41) is 5.18. The second-order valence-electron chi connectivity index (χ2n) is 5.04. The van der Waals surface area contributed by atoms with Crippen LogP contribution in [0.2, 0.25) is 5.02 Å². The third-order valence-corrected chi connectivity index (χ3v) is 3.87. The van der Waals surface area contributed by atoms with Gasteiger partial charge in [-0.3, -0.25) is 0 Å². The number of halogens is 1. The lowest BCUT2D eigenvalue weighted by molar-refractivity contribution is 0.105. The molecule has 2 aromatic rings. The fourth-order valence-corrected chi connectivity index (χ4v) is 2.55. The summed E-state index contributed by atoms with van der Waals surface area (Å²) in [6.07, 6.45) is 2.21. The summed E-state index contributed by atoms with van der Waals surface area (Å²) >= 11 is 6.17. The molecule has 0 radical (unpaired) electrons. The number of nitrogens with one attached hydrogen (secondary N) is 1. The maximum absolute atomic E-state index is 6.17. The average Bonchev–Trinajstić information content (AvgIpc) is 2.88. The maximum Gasteiger partial charge on any atom is 0.152 e. The second-order valence-corrected chi connectivity index (χ2v) is 5.45. The third-order valence-electron chi connectivity index (χ3n) is 3.57. The molecule has 3 nitrogen and oxygen atoms in total. The van der Waals surface area contributed by atoms with Gasteiger partial charge in [0.15, 0.2) is 5.58 Å². The predicted molar refractivity (Wildman–Crippen MR) is 83.3 cm³/mol. The van der Waals surface area contributed by atoms with Crippen molar-refractivity contribution in [3.8, 4) is 0 Å². The second kappa shape index (κ2) is 7.11. The highest BCUT2D eigenvalue weighted by molar-refractivity contribution is 6.34. The number of hydrogen-bond acceptors (Lipinski definition) is 3. The quantitative estimate of drug-likeness (QED) is 0.813. The minimum Gasteiger partial charge on any atom is -0.458 e. The summed E-state index contributed by atoms with van der Waals surface area (Å²) in [6, 6.07) is 8.09. The highest BCUT2D eigenvalue weighted by atomic mass is 35.5. The first-order valence-corrected chi connectivity index (χ1v) is 7.47. The Balaban J connectivity index is 2.20. The molecule has 0 aliphatic heterocycles. The summed E-state index contributed by atoms with van der Waals surface area (Å²) in [5.74, 6) is 0.943. The van der Waals surface area contributed by atoms with E-state index in [1.165, 1.54) is 0 Å². The zero-order valence-electron chi connectivity index (χ0n) is 12.3. The van der Waals surface area contributed by atoms with Crippen molar-refractivity contribution in [1.29, 1.82) is 0 Å². The SMILES string of the molecule is CCNC(CCC(C)OC)c1cc2cccc(Cl)c2o1. The van der Waals surface area contributed by atoms with Crippen LogP contribution in [0, 0.1) is 0 Å². The Morgan fingerprint density at radius 3 is 2.80 bits per heavy atom. The number of ether oxygens (including phenoxy) is 1. The van der Waals surface area contributed by atoms with E-state index >= 15 is 0 Å². The molecule has 0 saturated carbocycles. The van der Waals surface area contributed by atoms with Crippen LogP contribution in [0.5, 0.6) is 0 Å². The van der Waals surface area contributed by atoms with Crippen molar-refractivity contribution in [1.82, 2.24) is 5.32 Å². The van der Waals surface area contributed by atoms with Crippen molar-refractivity contribution < 1.29 is 9.15 Å². The number of fused-ring (bicyclic) bond motifs is 1. The zero-order chi connectivity index (χ0) is 14.5. The lowest BCUT2D eigenvalue weighted by Gasteiger charge is -2.17. The van der Waals surface area contributed by atoms with Crippen molar-refractivity contribution >= 4 is 22.6 Å². The van der Waals surface area contributed by atoms with Crippen LogP contribution < -0.4 is 5.32 Å². The molecule has 0 spiro atoms. The Morgan fingerprint density at radius 1 is 1.35 bits per heavy atom. The number of methoxy groups -OCH3 is 1. The van der Waals surface area contributed by atoms with Crippen molar-refractivity contribution in [3.63, 3.8) is 0 Å². The molecule has 1 aromatic carbocycles. The third kappa shape index (κ3) is 3.54. The molecular formula is C16H22ClNO2. The highest BCUT2D eigenvalue weighted by Gasteiger charge is 2.17. The number of furan rings is 1. The lowest BCUT2D eigenvalue weighted by atomic mass is 10.1. The molecule has 0 fully saturated rings. The van der Waals surface area contributed by atoms with Gasteiger partial charge in [0.2, 0.25) is 0 Å². The predicted octanol–water partition coefficient (Wildman–Crippen LogP) is 4.55. The number of benzene rings is 1. The van der Waals surface area contributed by atoms with Crippen LogP contribution in [-0.4, -0.2) is 19.8 Å². The normalized spacial score (nSPS) is 14.6. The van der Waals surface area contributed by atoms with Crippen molar-refractivity contribution in [2.75, 3.05) is 13.7 Å². The Morgan fingerprint density at radius 2 is 2.15 bits per heavy atom. The van der Waals surface area contributed by atoms with E-state index in [-0.39, 0.29) is 12.1 Å². The van der Waals surface area contributed by atoms with E-state index in [0.717, 1.165) is 36.1 Å². The molecule has 4 heteroatoms. The van der Waals surface area contributed by atoms with Gasteiger partial charge in [0, 0.05) is 12.5 Å². The maximum atomic E-state index is 6.17. The van der Waals surface area contributed by atoms with E-state index in [2.05, 4.69) is 25.2 Å². The van der Waals surface area contributed by atoms with Crippen LogP contribution >= 0.6 is 11.6 Å². The van der Waals surface area contributed by atoms with E-state index in [9.17, 15) is 0 Å². The summed E-state index contributed by atoms with van der Waals surface area (Å²) in [7, 11) is 1.74. The van der Waals surface area contributed by atoms with Crippen molar-refractivity contribution in [3.05, 3.63) is 35.0 Å². The number of para-hydroxylation sites is 1. The van der Waals surface area contributed by atoms with E-state index in [1.807, 2.05) is 18.2 Å². The van der Waals surface area contributed by atoms with E-state index in [4.69, 9.17) is 20.8 Å². The smallest absolute Gasteiger partial charge is 0.152 e. The lowest BCUT2D eigenvalue weighted by Crippen LogP contribution is -2.22. The number of rotatable bonds is 7. The van der Waals surface area contributed by atoms with Gasteiger partial charge in [-0.05, 0) is 38.4 Å².